The van der Waals surface area contributed by atoms with Crippen molar-refractivity contribution in [3.8, 4) is 0 Å². The second-order valence-electron chi connectivity index (χ2n) is 5.67. The highest BCUT2D eigenvalue weighted by Gasteiger charge is 2.30. The second kappa shape index (κ2) is 6.86. The molecule has 0 N–H and O–H groups in total. The van der Waals surface area contributed by atoms with Crippen LogP contribution in [0.1, 0.15) is 18.4 Å². The Morgan fingerprint density at radius 1 is 1.25 bits per heavy atom. The van der Waals surface area contributed by atoms with E-state index in [4.69, 9.17) is 18.4 Å². The van der Waals surface area contributed by atoms with Crippen LogP contribution in [0.3, 0.4) is 0 Å². The van der Waals surface area contributed by atoms with Crippen molar-refractivity contribution in [2.75, 3.05) is 20.3 Å². The Kier molecular flexibility index (Phi) is 4.82. The molecule has 1 aromatic rings. The maximum absolute atomic E-state index is 12.2. The third kappa shape index (κ3) is 3.57. The summed E-state index contributed by atoms with van der Waals surface area (Å²) in [6.07, 6.45) is 2.99. The van der Waals surface area contributed by atoms with Gasteiger partial charge in [0.25, 0.3) is 10.1 Å². The first-order chi connectivity index (χ1) is 11.5. The number of benzene rings is 1. The van der Waals surface area contributed by atoms with E-state index >= 15 is 0 Å². The average Bonchev–Trinajstić information content (AvgIpc) is 2.59. The Balaban J connectivity index is 1.64. The van der Waals surface area contributed by atoms with Gasteiger partial charge >= 0.3 is 0 Å². The van der Waals surface area contributed by atoms with Crippen molar-refractivity contribution in [3.63, 3.8) is 0 Å². The van der Waals surface area contributed by atoms with Gasteiger partial charge in [-0.05, 0) is 31.6 Å². The highest BCUT2D eigenvalue weighted by Crippen LogP contribution is 2.32. The third-order valence-electron chi connectivity index (χ3n) is 3.84. The van der Waals surface area contributed by atoms with Gasteiger partial charge in [0.1, 0.15) is 19.0 Å². The van der Waals surface area contributed by atoms with Crippen LogP contribution in [-0.2, 0) is 28.5 Å². The van der Waals surface area contributed by atoms with Gasteiger partial charge < -0.3 is 14.2 Å². The van der Waals surface area contributed by atoms with Crippen LogP contribution in [0.5, 0.6) is 0 Å². The van der Waals surface area contributed by atoms with Crippen molar-refractivity contribution in [1.82, 2.24) is 0 Å². The van der Waals surface area contributed by atoms with Gasteiger partial charge in [-0.2, -0.15) is 8.42 Å². The smallest absolute Gasteiger partial charge is 0.297 e. The molecule has 2 aliphatic rings. The summed E-state index contributed by atoms with van der Waals surface area (Å²) in [6.45, 7) is 2.02. The fourth-order valence-corrected chi connectivity index (χ4v) is 3.47. The number of aryl methyl sites for hydroxylation is 1. The standard InChI is InChI=1S/C17H20O6S/c1-12-6-8-14(9-7-12)24(18,19)22-11-13-10-21-16-5-3-4-15(20-2)17(16)23-13/h4,6-9,13H,3,5,10-11H2,1-2H3/t13-/m1/s1. The largest absolute Gasteiger partial charge is 0.493 e. The minimum absolute atomic E-state index is 0.121. The lowest BCUT2D eigenvalue weighted by Crippen LogP contribution is -2.32. The van der Waals surface area contributed by atoms with Crippen LogP contribution in [0, 0.1) is 6.92 Å². The lowest BCUT2D eigenvalue weighted by molar-refractivity contribution is -0.0328. The minimum Gasteiger partial charge on any atom is -0.493 e. The van der Waals surface area contributed by atoms with Crippen molar-refractivity contribution < 1.29 is 26.8 Å². The Morgan fingerprint density at radius 2 is 2.00 bits per heavy atom. The third-order valence-corrected chi connectivity index (χ3v) is 5.14. The van der Waals surface area contributed by atoms with Gasteiger partial charge in [-0.3, -0.25) is 4.18 Å². The fraction of sp³-hybridized carbons (Fsp3) is 0.412. The number of hydrogen-bond acceptors (Lipinski definition) is 6. The monoisotopic (exact) mass is 352 g/mol. The molecule has 0 saturated heterocycles. The molecule has 0 unspecified atom stereocenters. The van der Waals surface area contributed by atoms with Gasteiger partial charge in [-0.1, -0.05) is 17.7 Å². The van der Waals surface area contributed by atoms with Crippen LogP contribution in [-0.4, -0.2) is 34.8 Å². The van der Waals surface area contributed by atoms with E-state index in [2.05, 4.69) is 0 Å². The molecule has 0 aromatic heterocycles. The number of methoxy groups -OCH3 is 1. The van der Waals surface area contributed by atoms with E-state index in [1.807, 2.05) is 13.0 Å². The van der Waals surface area contributed by atoms with Crippen molar-refractivity contribution in [1.29, 1.82) is 0 Å². The molecular weight excluding hydrogens is 332 g/mol. The second-order valence-corrected chi connectivity index (χ2v) is 7.28. The Hall–Kier alpha value is -1.99. The number of ether oxygens (including phenoxy) is 3. The Bertz CT molecular complexity index is 761. The molecule has 1 heterocycles. The first kappa shape index (κ1) is 16.9. The van der Waals surface area contributed by atoms with Crippen molar-refractivity contribution >= 4 is 10.1 Å². The molecule has 1 aliphatic heterocycles. The molecule has 3 rings (SSSR count). The average molecular weight is 352 g/mol. The molecule has 6 nitrogen and oxygen atoms in total. The van der Waals surface area contributed by atoms with Gasteiger partial charge in [-0.25, -0.2) is 0 Å². The van der Waals surface area contributed by atoms with E-state index in [0.717, 1.165) is 24.2 Å². The van der Waals surface area contributed by atoms with Crippen LogP contribution in [0.2, 0.25) is 0 Å². The summed E-state index contributed by atoms with van der Waals surface area (Å²) in [5.41, 5.74) is 0.980. The van der Waals surface area contributed by atoms with E-state index in [-0.39, 0.29) is 18.1 Å². The minimum atomic E-state index is -3.82. The van der Waals surface area contributed by atoms with E-state index < -0.39 is 16.2 Å². The van der Waals surface area contributed by atoms with Gasteiger partial charge in [0.2, 0.25) is 0 Å². The molecule has 0 saturated carbocycles. The summed E-state index contributed by atoms with van der Waals surface area (Å²) in [4.78, 5) is 0.125. The van der Waals surface area contributed by atoms with Crippen LogP contribution < -0.4 is 0 Å². The van der Waals surface area contributed by atoms with E-state index in [1.54, 1.807) is 19.2 Å². The molecule has 1 atom stereocenters. The molecule has 0 bridgehead atoms. The molecule has 7 heteroatoms. The maximum Gasteiger partial charge on any atom is 0.297 e. The zero-order valence-electron chi connectivity index (χ0n) is 13.7. The van der Waals surface area contributed by atoms with E-state index in [1.165, 1.54) is 12.1 Å². The normalized spacial score (nSPS) is 20.6. The quantitative estimate of drug-likeness (QED) is 0.759. The molecule has 24 heavy (non-hydrogen) atoms. The zero-order valence-corrected chi connectivity index (χ0v) is 14.5. The molecule has 1 aliphatic carbocycles. The predicted molar refractivity (Wildman–Crippen MR) is 86.5 cm³/mol. The zero-order chi connectivity index (χ0) is 17.2. The predicted octanol–water partition coefficient (Wildman–Crippen LogP) is 2.65. The molecule has 0 spiro atoms. The molecular formula is C17H20O6S. The van der Waals surface area contributed by atoms with Gasteiger partial charge in [0.15, 0.2) is 17.6 Å². The van der Waals surface area contributed by atoms with E-state index in [0.29, 0.717) is 11.5 Å². The molecule has 0 fully saturated rings. The lowest BCUT2D eigenvalue weighted by atomic mass is 10.1. The molecule has 0 amide bonds. The lowest BCUT2D eigenvalue weighted by Gasteiger charge is -2.30. The summed E-state index contributed by atoms with van der Waals surface area (Å²) < 4.78 is 46.3. The van der Waals surface area contributed by atoms with Crippen LogP contribution in [0.25, 0.3) is 0 Å². The summed E-state index contributed by atoms with van der Waals surface area (Å²) in [7, 11) is -2.26. The summed E-state index contributed by atoms with van der Waals surface area (Å²) >= 11 is 0. The number of hydrogen-bond donors (Lipinski definition) is 0. The van der Waals surface area contributed by atoms with Crippen molar-refractivity contribution in [2.45, 2.75) is 30.8 Å². The highest BCUT2D eigenvalue weighted by molar-refractivity contribution is 7.86. The van der Waals surface area contributed by atoms with Gasteiger partial charge in [0.05, 0.1) is 12.0 Å². The fourth-order valence-electron chi connectivity index (χ4n) is 2.53. The molecule has 130 valence electrons. The first-order valence-electron chi connectivity index (χ1n) is 7.73. The number of allylic oxidation sites excluding steroid dienone is 2. The van der Waals surface area contributed by atoms with Crippen molar-refractivity contribution in [2.24, 2.45) is 0 Å². The van der Waals surface area contributed by atoms with Crippen LogP contribution in [0.15, 0.2) is 52.5 Å². The summed E-state index contributed by atoms with van der Waals surface area (Å²) in [5.74, 6) is 1.89. The number of rotatable bonds is 5. The summed E-state index contributed by atoms with van der Waals surface area (Å²) in [5, 5.41) is 0. The Morgan fingerprint density at radius 3 is 2.71 bits per heavy atom. The topological polar surface area (TPSA) is 71.1 Å². The van der Waals surface area contributed by atoms with Gasteiger partial charge in [-0.15, -0.1) is 0 Å². The van der Waals surface area contributed by atoms with Gasteiger partial charge in [0, 0.05) is 6.42 Å². The maximum atomic E-state index is 12.2. The first-order valence-corrected chi connectivity index (χ1v) is 9.13. The van der Waals surface area contributed by atoms with E-state index in [9.17, 15) is 8.42 Å². The van der Waals surface area contributed by atoms with Crippen LogP contribution in [0.4, 0.5) is 0 Å². The molecule has 0 radical (unpaired) electrons. The van der Waals surface area contributed by atoms with Crippen molar-refractivity contribution in [3.05, 3.63) is 53.2 Å². The highest BCUT2D eigenvalue weighted by atomic mass is 32.2. The molecule has 1 aromatic carbocycles. The Labute approximate surface area is 141 Å². The van der Waals surface area contributed by atoms with Crippen LogP contribution >= 0.6 is 0 Å². The summed E-state index contributed by atoms with van der Waals surface area (Å²) in [6, 6.07) is 6.50. The SMILES string of the molecule is COC1=CCCC2=C1O[C@@H](COS(=O)(=O)c1ccc(C)cc1)CO2.